The highest BCUT2D eigenvalue weighted by Crippen LogP contribution is 2.01. The van der Waals surface area contributed by atoms with Crippen LogP contribution in [0.15, 0.2) is 46.1 Å². The van der Waals surface area contributed by atoms with E-state index in [9.17, 15) is 0 Å². The molecule has 0 spiro atoms. The van der Waals surface area contributed by atoms with Crippen LogP contribution in [0.5, 0.6) is 0 Å². The molecule has 2 aromatic heterocycles. The SMILES string of the molecule is CCCSC[n+]1ccco1.CCCSC[n+]1ccco1.O=S(=O)(O)O. The Morgan fingerprint density at radius 1 is 0.880 bits per heavy atom. The second-order valence-corrected chi connectivity index (χ2v) is 7.57. The first-order valence-electron chi connectivity index (χ1n) is 7.59. The van der Waals surface area contributed by atoms with E-state index in [0.717, 1.165) is 11.8 Å². The first kappa shape index (κ1) is 24.0. The molecule has 0 unspecified atom stereocenters. The molecule has 2 aromatic rings. The van der Waals surface area contributed by atoms with Crippen molar-refractivity contribution in [3.05, 3.63) is 37.1 Å². The standard InChI is InChI=1S/2C7H12NOS.H2O4S/c2*1-2-6-10-7-8-4-3-5-9-8;1-5(2,3)4/h2*3-5H,2,6-7H2,1H3;(H2,1,2,3,4)/q2*+1;. The van der Waals surface area contributed by atoms with Gasteiger partial charge in [0.05, 0.1) is 0 Å². The Balaban J connectivity index is 0.000000368. The molecule has 0 bridgehead atoms. The van der Waals surface area contributed by atoms with Crippen molar-refractivity contribution in [3.8, 4) is 0 Å². The van der Waals surface area contributed by atoms with E-state index >= 15 is 0 Å². The van der Waals surface area contributed by atoms with Crippen LogP contribution < -0.4 is 9.48 Å². The molecular formula is C14H26N2O6S3+2. The summed E-state index contributed by atoms with van der Waals surface area (Å²) in [6, 6.07) is 3.79. The van der Waals surface area contributed by atoms with E-state index in [-0.39, 0.29) is 0 Å². The maximum absolute atomic E-state index is 8.74. The molecule has 2 heterocycles. The topological polar surface area (TPSA) is 109 Å². The van der Waals surface area contributed by atoms with Crippen LogP contribution in [-0.2, 0) is 22.2 Å². The van der Waals surface area contributed by atoms with Gasteiger partial charge in [0.25, 0.3) is 0 Å². The lowest BCUT2D eigenvalue weighted by Gasteiger charge is -1.88. The van der Waals surface area contributed by atoms with E-state index in [1.54, 1.807) is 12.5 Å². The molecule has 0 amide bonds. The summed E-state index contributed by atoms with van der Waals surface area (Å²) in [5.41, 5.74) is 0. The summed E-state index contributed by atoms with van der Waals surface area (Å²) in [5.74, 6) is 4.27. The number of hydrogen-bond donors (Lipinski definition) is 2. The second-order valence-electron chi connectivity index (χ2n) is 4.52. The third kappa shape index (κ3) is 19.2. The summed E-state index contributed by atoms with van der Waals surface area (Å²) in [7, 11) is -4.67. The molecule has 0 saturated carbocycles. The van der Waals surface area contributed by atoms with Gasteiger partial charge >= 0.3 is 10.4 Å². The zero-order chi connectivity index (χ0) is 19.0. The van der Waals surface area contributed by atoms with E-state index in [0.29, 0.717) is 0 Å². The maximum Gasteiger partial charge on any atom is 0.394 e. The van der Waals surface area contributed by atoms with Crippen molar-refractivity contribution >= 4 is 33.9 Å². The van der Waals surface area contributed by atoms with Crippen LogP contribution in [-0.4, -0.2) is 29.0 Å². The number of hydrogen-bond acceptors (Lipinski definition) is 6. The van der Waals surface area contributed by atoms with E-state index in [2.05, 4.69) is 13.8 Å². The van der Waals surface area contributed by atoms with Crippen molar-refractivity contribution in [2.75, 3.05) is 11.5 Å². The lowest BCUT2D eigenvalue weighted by Crippen LogP contribution is -2.28. The Kier molecular flexibility index (Phi) is 14.6. The predicted molar refractivity (Wildman–Crippen MR) is 97.5 cm³/mol. The van der Waals surface area contributed by atoms with Crippen LogP contribution >= 0.6 is 23.5 Å². The summed E-state index contributed by atoms with van der Waals surface area (Å²) < 4.78 is 45.4. The van der Waals surface area contributed by atoms with Crippen molar-refractivity contribution < 1.29 is 36.0 Å². The van der Waals surface area contributed by atoms with Gasteiger partial charge in [-0.3, -0.25) is 9.11 Å². The first-order chi connectivity index (χ1) is 11.9. The monoisotopic (exact) mass is 414 g/mol. The van der Waals surface area contributed by atoms with Crippen LogP contribution in [0.2, 0.25) is 0 Å². The molecule has 11 heteroatoms. The average molecular weight is 415 g/mol. The molecule has 25 heavy (non-hydrogen) atoms. The van der Waals surface area contributed by atoms with E-state index in [1.807, 2.05) is 57.5 Å². The Bertz CT molecular complexity index is 554. The van der Waals surface area contributed by atoms with Gasteiger partial charge in [-0.25, -0.2) is 9.05 Å². The molecular weight excluding hydrogens is 388 g/mol. The first-order valence-corrected chi connectivity index (χ1v) is 11.3. The molecule has 0 aromatic carbocycles. The van der Waals surface area contributed by atoms with E-state index in [4.69, 9.17) is 26.6 Å². The minimum Gasteiger partial charge on any atom is -0.264 e. The van der Waals surface area contributed by atoms with Gasteiger partial charge < -0.3 is 0 Å². The highest BCUT2D eigenvalue weighted by Gasteiger charge is 2.00. The van der Waals surface area contributed by atoms with Crippen LogP contribution in [0.1, 0.15) is 26.7 Å². The van der Waals surface area contributed by atoms with Gasteiger partial charge in [-0.1, -0.05) is 37.4 Å². The van der Waals surface area contributed by atoms with Crippen molar-refractivity contribution in [2.24, 2.45) is 0 Å². The number of nitrogens with zero attached hydrogens (tertiary/aromatic N) is 2. The molecule has 0 aliphatic carbocycles. The molecule has 0 radical (unpaired) electrons. The molecule has 0 aliphatic rings. The van der Waals surface area contributed by atoms with Crippen LogP contribution in [0.4, 0.5) is 0 Å². The van der Waals surface area contributed by atoms with Gasteiger partial charge in [0.15, 0.2) is 12.5 Å². The summed E-state index contributed by atoms with van der Waals surface area (Å²) in [6.07, 6.45) is 9.70. The lowest BCUT2D eigenvalue weighted by atomic mass is 10.6. The highest BCUT2D eigenvalue weighted by atomic mass is 32.3. The molecule has 0 saturated heterocycles. The fourth-order valence-electron chi connectivity index (χ4n) is 1.30. The van der Waals surface area contributed by atoms with Crippen LogP contribution in [0, 0.1) is 0 Å². The van der Waals surface area contributed by atoms with E-state index in [1.165, 1.54) is 24.3 Å². The Labute approximate surface area is 157 Å². The molecule has 8 nitrogen and oxygen atoms in total. The molecule has 0 aliphatic heterocycles. The molecule has 144 valence electrons. The van der Waals surface area contributed by atoms with Gasteiger partial charge in [0.1, 0.15) is 0 Å². The summed E-state index contributed by atoms with van der Waals surface area (Å²) in [6.45, 7) is 4.36. The number of rotatable bonds is 8. The largest absolute Gasteiger partial charge is 0.394 e. The summed E-state index contributed by atoms with van der Waals surface area (Å²) in [5, 5.41) is 0. The summed E-state index contributed by atoms with van der Waals surface area (Å²) in [4.78, 5) is 0. The Morgan fingerprint density at radius 2 is 1.24 bits per heavy atom. The minimum absolute atomic E-state index is 0.931. The van der Waals surface area contributed by atoms with Crippen molar-refractivity contribution in [1.82, 2.24) is 0 Å². The fraction of sp³-hybridized carbons (Fsp3) is 0.571. The normalized spacial score (nSPS) is 10.4. The zero-order valence-electron chi connectivity index (χ0n) is 14.4. The van der Waals surface area contributed by atoms with Crippen LogP contribution in [0.3, 0.4) is 0 Å². The van der Waals surface area contributed by atoms with Crippen molar-refractivity contribution in [2.45, 2.75) is 38.4 Å². The van der Waals surface area contributed by atoms with Gasteiger partial charge in [0, 0.05) is 12.1 Å². The minimum atomic E-state index is -4.67. The highest BCUT2D eigenvalue weighted by molar-refractivity contribution is 7.98. The van der Waals surface area contributed by atoms with Gasteiger partial charge in [-0.2, -0.15) is 8.42 Å². The molecule has 2 rings (SSSR count). The molecule has 0 fully saturated rings. The van der Waals surface area contributed by atoms with Gasteiger partial charge in [0.2, 0.25) is 24.1 Å². The number of thioether (sulfide) groups is 2. The quantitative estimate of drug-likeness (QED) is 0.385. The van der Waals surface area contributed by atoms with Crippen LogP contribution in [0.25, 0.3) is 0 Å². The summed E-state index contributed by atoms with van der Waals surface area (Å²) >= 11 is 3.76. The smallest absolute Gasteiger partial charge is 0.264 e. The third-order valence-corrected chi connectivity index (χ3v) is 4.46. The number of aromatic nitrogens is 2. The Morgan fingerprint density at radius 3 is 1.48 bits per heavy atom. The maximum atomic E-state index is 8.74. The van der Waals surface area contributed by atoms with E-state index < -0.39 is 10.4 Å². The van der Waals surface area contributed by atoms with Gasteiger partial charge in [-0.05, 0) is 33.8 Å². The second kappa shape index (κ2) is 15.3. The molecule has 0 atom stereocenters. The zero-order valence-corrected chi connectivity index (χ0v) is 16.8. The van der Waals surface area contributed by atoms with Gasteiger partial charge in [-0.15, -0.1) is 0 Å². The fourth-order valence-corrected chi connectivity index (χ4v) is 2.79. The van der Waals surface area contributed by atoms with Crippen molar-refractivity contribution in [3.63, 3.8) is 0 Å². The predicted octanol–water partition coefficient (Wildman–Crippen LogP) is 2.68. The third-order valence-electron chi connectivity index (χ3n) is 2.19. The Hall–Kier alpha value is -1.01. The molecule has 2 N–H and O–H groups in total. The lowest BCUT2D eigenvalue weighted by molar-refractivity contribution is -0.848. The van der Waals surface area contributed by atoms with Crippen molar-refractivity contribution in [1.29, 1.82) is 0 Å². The average Bonchev–Trinajstić information content (AvgIpc) is 3.20.